The highest BCUT2D eigenvalue weighted by molar-refractivity contribution is 7.98. The number of amides is 1. The number of nitrogens with one attached hydrogen (secondary N) is 1. The van der Waals surface area contributed by atoms with Gasteiger partial charge < -0.3 is 19.9 Å². The van der Waals surface area contributed by atoms with E-state index in [1.165, 1.54) is 0 Å². The third kappa shape index (κ3) is 6.71. The molecule has 3 heterocycles. The first-order valence-electron chi connectivity index (χ1n) is 12.5. The van der Waals surface area contributed by atoms with Gasteiger partial charge in [0, 0.05) is 62.4 Å². The van der Waals surface area contributed by atoms with E-state index in [2.05, 4.69) is 42.0 Å². The van der Waals surface area contributed by atoms with Crippen molar-refractivity contribution < 1.29 is 9.53 Å². The molecule has 1 amide bonds. The maximum absolute atomic E-state index is 12.4. The fourth-order valence-corrected chi connectivity index (χ4v) is 5.08. The van der Waals surface area contributed by atoms with Gasteiger partial charge in [-0.25, -0.2) is 9.97 Å². The molecule has 0 radical (unpaired) electrons. The van der Waals surface area contributed by atoms with Crippen LogP contribution in [0.2, 0.25) is 0 Å². The third-order valence-corrected chi connectivity index (χ3v) is 7.46. The molecule has 0 bridgehead atoms. The Bertz CT molecular complexity index is 939. The molecular weight excluding hydrogens is 446 g/mol. The van der Waals surface area contributed by atoms with Crippen LogP contribution in [0.4, 0.5) is 5.82 Å². The van der Waals surface area contributed by atoms with Gasteiger partial charge >= 0.3 is 0 Å². The fraction of sp³-hybridized carbons (Fsp3) is 0.577. The molecule has 2 fully saturated rings. The first-order valence-corrected chi connectivity index (χ1v) is 13.5. The molecule has 0 saturated carbocycles. The van der Waals surface area contributed by atoms with Crippen LogP contribution in [0.15, 0.2) is 35.5 Å². The maximum Gasteiger partial charge on any atom is 0.251 e. The Balaban J connectivity index is 1.35. The molecule has 0 aliphatic carbocycles. The molecule has 2 saturated heterocycles. The number of carbonyl (C=O) groups excluding carboxylic acids is 1. The molecule has 8 heteroatoms. The van der Waals surface area contributed by atoms with Crippen LogP contribution in [0.5, 0.6) is 0 Å². The van der Waals surface area contributed by atoms with Gasteiger partial charge in [0.25, 0.3) is 5.91 Å². The van der Waals surface area contributed by atoms with Gasteiger partial charge in [0.05, 0.1) is 6.10 Å². The van der Waals surface area contributed by atoms with Gasteiger partial charge in [-0.3, -0.25) is 4.79 Å². The second kappa shape index (κ2) is 12.0. The number of hydrogen-bond acceptors (Lipinski definition) is 7. The van der Waals surface area contributed by atoms with E-state index in [0.29, 0.717) is 18.0 Å². The number of thioether (sulfide) groups is 1. The van der Waals surface area contributed by atoms with E-state index in [0.717, 1.165) is 80.2 Å². The minimum absolute atomic E-state index is 0.0458. The van der Waals surface area contributed by atoms with Crippen molar-refractivity contribution in [3.63, 3.8) is 0 Å². The zero-order valence-corrected chi connectivity index (χ0v) is 21.4. The van der Waals surface area contributed by atoms with Gasteiger partial charge in [-0.15, -0.1) is 0 Å². The lowest BCUT2D eigenvalue weighted by Gasteiger charge is -2.35. The average Bonchev–Trinajstić information content (AvgIpc) is 3.40. The summed E-state index contributed by atoms with van der Waals surface area (Å²) < 4.78 is 5.58. The zero-order chi connectivity index (χ0) is 23.9. The Labute approximate surface area is 207 Å². The number of hydrogen-bond donors (Lipinski definition) is 1. The Morgan fingerprint density at radius 2 is 1.94 bits per heavy atom. The average molecular weight is 484 g/mol. The van der Waals surface area contributed by atoms with Crippen molar-refractivity contribution >= 4 is 23.5 Å². The van der Waals surface area contributed by atoms with E-state index < -0.39 is 0 Å². The van der Waals surface area contributed by atoms with Crippen LogP contribution in [0, 0.1) is 0 Å². The van der Waals surface area contributed by atoms with Crippen LogP contribution in [-0.2, 0) is 10.5 Å². The fourth-order valence-electron chi connectivity index (χ4n) is 4.26. The van der Waals surface area contributed by atoms with Crippen LogP contribution in [0.25, 0.3) is 0 Å². The predicted octanol–water partition coefficient (Wildman–Crippen LogP) is 3.94. The summed E-state index contributed by atoms with van der Waals surface area (Å²) in [7, 11) is 0. The highest BCUT2D eigenvalue weighted by Crippen LogP contribution is 2.26. The van der Waals surface area contributed by atoms with Crippen molar-refractivity contribution in [3.05, 3.63) is 47.2 Å². The Kier molecular flexibility index (Phi) is 8.80. The first-order chi connectivity index (χ1) is 16.5. The maximum atomic E-state index is 12.4. The Hall–Kier alpha value is -2.16. The van der Waals surface area contributed by atoms with Crippen LogP contribution in [0.3, 0.4) is 0 Å². The minimum atomic E-state index is -0.0458. The summed E-state index contributed by atoms with van der Waals surface area (Å²) in [6, 6.07) is 9.98. The largest absolute Gasteiger partial charge is 0.376 e. The third-order valence-electron chi connectivity index (χ3n) is 6.55. The molecule has 7 nitrogen and oxygen atoms in total. The van der Waals surface area contributed by atoms with E-state index in [1.807, 2.05) is 24.3 Å². The SMILES string of the molecule is CCN1CCN(c2cc(C(C)C)nc(SCc3ccc(C(=O)NCC4CCCO4)cc3)n2)CC1. The number of rotatable bonds is 9. The molecule has 34 heavy (non-hydrogen) atoms. The number of likely N-dealkylation sites (N-methyl/N-ethyl adjacent to an activating group) is 1. The number of nitrogens with zero attached hydrogens (tertiary/aromatic N) is 4. The summed E-state index contributed by atoms with van der Waals surface area (Å²) in [5.41, 5.74) is 2.92. The lowest BCUT2D eigenvalue weighted by Crippen LogP contribution is -2.46. The predicted molar refractivity (Wildman–Crippen MR) is 138 cm³/mol. The monoisotopic (exact) mass is 483 g/mol. The normalized spacial score (nSPS) is 19.1. The van der Waals surface area contributed by atoms with Crippen molar-refractivity contribution in [2.45, 2.75) is 56.5 Å². The van der Waals surface area contributed by atoms with E-state index in [4.69, 9.17) is 14.7 Å². The standard InChI is InChI=1S/C26H37N5O2S/c1-4-30-11-13-31(14-12-30)24-16-23(19(2)3)28-26(29-24)34-18-20-7-9-21(10-8-20)25(32)27-17-22-6-5-15-33-22/h7-10,16,19,22H,4-6,11-15,17-18H2,1-3H3,(H,27,32). The van der Waals surface area contributed by atoms with Crippen molar-refractivity contribution in [2.24, 2.45) is 0 Å². The highest BCUT2D eigenvalue weighted by Gasteiger charge is 2.20. The summed E-state index contributed by atoms with van der Waals surface area (Å²) in [5.74, 6) is 2.11. The van der Waals surface area contributed by atoms with Gasteiger partial charge in [0.1, 0.15) is 5.82 Å². The topological polar surface area (TPSA) is 70.6 Å². The summed E-state index contributed by atoms with van der Waals surface area (Å²) in [6.45, 7) is 13.2. The second-order valence-corrected chi connectivity index (χ2v) is 10.3. The van der Waals surface area contributed by atoms with Crippen LogP contribution in [-0.4, -0.2) is 72.8 Å². The molecule has 2 aromatic rings. The van der Waals surface area contributed by atoms with Crippen molar-refractivity contribution in [1.82, 2.24) is 20.2 Å². The second-order valence-electron chi connectivity index (χ2n) is 9.34. The number of benzene rings is 1. The van der Waals surface area contributed by atoms with Gasteiger partial charge in [-0.2, -0.15) is 0 Å². The summed E-state index contributed by atoms with van der Waals surface area (Å²) in [6.07, 6.45) is 2.25. The van der Waals surface area contributed by atoms with Crippen molar-refractivity contribution in [2.75, 3.05) is 50.8 Å². The lowest BCUT2D eigenvalue weighted by molar-refractivity contribution is 0.0858. The Morgan fingerprint density at radius 3 is 2.59 bits per heavy atom. The smallest absolute Gasteiger partial charge is 0.251 e. The van der Waals surface area contributed by atoms with Gasteiger partial charge in [0.2, 0.25) is 0 Å². The van der Waals surface area contributed by atoms with Gasteiger partial charge in [-0.05, 0) is 43.0 Å². The van der Waals surface area contributed by atoms with Crippen molar-refractivity contribution in [3.8, 4) is 0 Å². The van der Waals surface area contributed by atoms with E-state index in [9.17, 15) is 4.79 Å². The molecule has 1 atom stereocenters. The number of aromatic nitrogens is 2. The lowest BCUT2D eigenvalue weighted by atomic mass is 10.1. The Morgan fingerprint density at radius 1 is 1.18 bits per heavy atom. The first kappa shape index (κ1) is 24.9. The molecule has 1 aromatic carbocycles. The molecule has 1 aromatic heterocycles. The number of anilines is 1. The highest BCUT2D eigenvalue weighted by atomic mass is 32.2. The van der Waals surface area contributed by atoms with Crippen LogP contribution in [0.1, 0.15) is 61.1 Å². The molecule has 2 aliphatic rings. The molecule has 1 N–H and O–H groups in total. The number of piperazine rings is 1. The summed E-state index contributed by atoms with van der Waals surface area (Å²) >= 11 is 1.65. The molecule has 4 rings (SSSR count). The van der Waals surface area contributed by atoms with E-state index >= 15 is 0 Å². The number of carbonyl (C=O) groups is 1. The van der Waals surface area contributed by atoms with Crippen LogP contribution >= 0.6 is 11.8 Å². The number of ether oxygens (including phenoxy) is 1. The molecular formula is C26H37N5O2S. The quantitative estimate of drug-likeness (QED) is 0.428. The van der Waals surface area contributed by atoms with E-state index in [1.54, 1.807) is 11.8 Å². The van der Waals surface area contributed by atoms with E-state index in [-0.39, 0.29) is 12.0 Å². The van der Waals surface area contributed by atoms with Gasteiger partial charge in [0.15, 0.2) is 5.16 Å². The zero-order valence-electron chi connectivity index (χ0n) is 20.6. The molecule has 1 unspecified atom stereocenters. The molecule has 2 aliphatic heterocycles. The molecule has 184 valence electrons. The molecule has 0 spiro atoms. The van der Waals surface area contributed by atoms with Crippen LogP contribution < -0.4 is 10.2 Å². The summed E-state index contributed by atoms with van der Waals surface area (Å²) in [5, 5.41) is 3.80. The van der Waals surface area contributed by atoms with Gasteiger partial charge in [-0.1, -0.05) is 44.7 Å². The van der Waals surface area contributed by atoms with Crippen molar-refractivity contribution in [1.29, 1.82) is 0 Å². The summed E-state index contributed by atoms with van der Waals surface area (Å²) in [4.78, 5) is 27.0. The minimum Gasteiger partial charge on any atom is -0.376 e.